The second kappa shape index (κ2) is 51.0. The number of amides is 14. The van der Waals surface area contributed by atoms with Crippen molar-refractivity contribution in [3.05, 3.63) is 120 Å². The number of carboxylic acids is 4. The van der Waals surface area contributed by atoms with E-state index >= 15 is 0 Å². The Kier molecular flexibility index (Phi) is 41.8. The van der Waals surface area contributed by atoms with E-state index in [1.165, 1.54) is 64.5 Å². The molecule has 688 valence electrons. The summed E-state index contributed by atoms with van der Waals surface area (Å²) in [5.74, 6) is -22.3. The normalized spacial score (nSPS) is 15.0. The van der Waals surface area contributed by atoms with Crippen LogP contribution in [0.15, 0.2) is 97.6 Å². The van der Waals surface area contributed by atoms with Crippen LogP contribution in [0.3, 0.4) is 0 Å². The number of nitrogens with two attached hydrogens (primary N) is 1. The Hall–Kier alpha value is -13.4. The first-order valence-corrected chi connectivity index (χ1v) is 41.7. The largest absolute Gasteiger partial charge is 0.508 e. The monoisotopic (exact) mass is 1760 g/mol. The molecule has 0 fully saturated rings. The van der Waals surface area contributed by atoms with Crippen LogP contribution < -0.4 is 80.2 Å². The first kappa shape index (κ1) is 103. The van der Waals surface area contributed by atoms with Gasteiger partial charge in [-0.05, 0) is 111 Å². The molecule has 14 amide bonds. The predicted molar refractivity (Wildman–Crippen MR) is 455 cm³/mol. The highest BCUT2D eigenvalue weighted by atomic mass is 16.4. The number of nitrogens with zero attached hydrogens (tertiary/aromatic N) is 1. The maximum absolute atomic E-state index is 14.9. The summed E-state index contributed by atoms with van der Waals surface area (Å²) in [5, 5.41) is 85.6. The number of carbonyl (C=O) groups excluding carboxylic acids is 14. The number of phenols is 1. The Morgan fingerprint density at radius 3 is 1.35 bits per heavy atom. The molecule has 0 aliphatic rings. The summed E-state index contributed by atoms with van der Waals surface area (Å²) in [7, 11) is 0. The Bertz CT molecular complexity index is 4570. The smallest absolute Gasteiger partial charge is 0.326 e. The van der Waals surface area contributed by atoms with Crippen molar-refractivity contribution in [1.29, 1.82) is 0 Å². The van der Waals surface area contributed by atoms with Gasteiger partial charge >= 0.3 is 23.9 Å². The van der Waals surface area contributed by atoms with E-state index in [9.17, 15) is 112 Å². The van der Waals surface area contributed by atoms with Gasteiger partial charge in [-0.3, -0.25) is 81.5 Å². The second-order valence-electron chi connectivity index (χ2n) is 31.9. The number of aliphatic carboxylic acids is 4. The second-order valence-corrected chi connectivity index (χ2v) is 31.9. The zero-order chi connectivity index (χ0) is 93.8. The third kappa shape index (κ3) is 34.0. The third-order valence-electron chi connectivity index (χ3n) is 20.9. The molecule has 0 aliphatic heterocycles. The summed E-state index contributed by atoms with van der Waals surface area (Å²) in [4.78, 5) is 257. The van der Waals surface area contributed by atoms with Crippen LogP contribution in [0.1, 0.15) is 163 Å². The number of aromatic nitrogens is 3. The molecule has 0 bridgehead atoms. The van der Waals surface area contributed by atoms with E-state index in [0.717, 1.165) is 17.8 Å². The molecule has 0 aliphatic carbocycles. The van der Waals surface area contributed by atoms with Crippen LogP contribution in [-0.4, -0.2) is 238 Å². The lowest BCUT2D eigenvalue weighted by Gasteiger charge is -2.31. The molecule has 0 radical (unpaired) electrons. The number of phenolic OH excluding ortho intramolecular Hbond substituents is 1. The number of aromatic amines is 2. The van der Waals surface area contributed by atoms with Crippen LogP contribution in [-0.2, 0) is 112 Å². The van der Waals surface area contributed by atoms with Crippen LogP contribution in [0.25, 0.3) is 10.9 Å². The van der Waals surface area contributed by atoms with E-state index in [4.69, 9.17) is 5.73 Å². The van der Waals surface area contributed by atoms with Gasteiger partial charge < -0.3 is 116 Å². The summed E-state index contributed by atoms with van der Waals surface area (Å²) in [5.41, 5.74) is 8.06. The number of hydrogen-bond acceptors (Lipinski definition) is 21. The minimum atomic E-state index is -1.91. The SMILES string of the molecule is CC[C@@H](C)[C@H](NC(=O)[C@H](CC(=O)O)NC(=O)[C@H](CC(C)C)NC(=O)[C@H](Cc1c[nH]cn1)NC(=O)[C@H](C)NC(=O)[C@H](Cc1ccccc1)NC(=O)[C@H](Cc1ccc(O)cc1)NC(=O)[C@@H](NC(=O)[C@H](C)NC(=O)[C@H](CCC(=O)O)NC(=O)[C@H](CCCCN)NC(=O)[C@H](CC(=O)O)NC(C)=O)C(C)C)C(=O)N[C@@H](C(=O)N[C@@H](Cc1c[nH]c2ccccc12)C(=O)O)[C@@H](C)CC. The fraction of sp³-hybridized carbons (Fsp3) is 0.518. The number of H-pyrrole nitrogens is 2. The predicted octanol–water partition coefficient (Wildman–Crippen LogP) is -0.464. The number of aromatic hydroxyl groups is 1. The molecule has 2 heterocycles. The number of imidazole rings is 1. The van der Waals surface area contributed by atoms with Gasteiger partial charge in [0.15, 0.2) is 0 Å². The fourth-order valence-electron chi connectivity index (χ4n) is 13.3. The molecule has 0 saturated carbocycles. The van der Waals surface area contributed by atoms with Crippen molar-refractivity contribution < 1.29 is 112 Å². The van der Waals surface area contributed by atoms with E-state index in [0.29, 0.717) is 29.5 Å². The van der Waals surface area contributed by atoms with Crippen LogP contribution in [0.2, 0.25) is 0 Å². The lowest BCUT2D eigenvalue weighted by atomic mass is 9.94. The molecule has 3 aromatic carbocycles. The molecule has 0 unspecified atom stereocenters. The topological polar surface area (TPSA) is 647 Å². The van der Waals surface area contributed by atoms with Crippen molar-refractivity contribution >= 4 is 117 Å². The number of fused-ring (bicyclic) bond motifs is 1. The lowest BCUT2D eigenvalue weighted by Crippen LogP contribution is -2.62. The summed E-state index contributed by atoms with van der Waals surface area (Å²) >= 11 is 0. The van der Waals surface area contributed by atoms with Gasteiger partial charge in [-0.25, -0.2) is 9.78 Å². The Balaban J connectivity index is 1.35. The van der Waals surface area contributed by atoms with E-state index in [1.54, 1.807) is 102 Å². The zero-order valence-corrected chi connectivity index (χ0v) is 72.3. The van der Waals surface area contributed by atoms with Crippen molar-refractivity contribution in [2.24, 2.45) is 29.4 Å². The van der Waals surface area contributed by atoms with E-state index in [-0.39, 0.29) is 69.4 Å². The summed E-state index contributed by atoms with van der Waals surface area (Å²) < 4.78 is 0. The van der Waals surface area contributed by atoms with Crippen molar-refractivity contribution in [3.63, 3.8) is 0 Å². The van der Waals surface area contributed by atoms with Crippen LogP contribution in [0.5, 0.6) is 5.75 Å². The number of para-hydroxylation sites is 1. The molecular formula is C85H120N18O23. The van der Waals surface area contributed by atoms with Gasteiger partial charge in [-0.1, -0.05) is 129 Å². The molecule has 5 rings (SSSR count). The Morgan fingerprint density at radius 1 is 0.405 bits per heavy atom. The number of carboxylic acid groups (broad SMARTS) is 4. The van der Waals surface area contributed by atoms with Gasteiger partial charge in [0.05, 0.1) is 24.9 Å². The van der Waals surface area contributed by atoms with Crippen molar-refractivity contribution in [2.45, 2.75) is 251 Å². The highest BCUT2D eigenvalue weighted by molar-refractivity contribution is 6.01. The van der Waals surface area contributed by atoms with Crippen molar-refractivity contribution in [1.82, 2.24) is 89.4 Å². The maximum Gasteiger partial charge on any atom is 0.326 e. The number of unbranched alkanes of at least 4 members (excludes halogenated alkanes) is 1. The lowest BCUT2D eigenvalue weighted by molar-refractivity contribution is -0.143. The highest BCUT2D eigenvalue weighted by Gasteiger charge is 2.41. The number of benzene rings is 3. The molecule has 16 atom stereocenters. The van der Waals surface area contributed by atoms with Gasteiger partial charge in [0, 0.05) is 62.3 Å². The van der Waals surface area contributed by atoms with Gasteiger partial charge in [-0.2, -0.15) is 0 Å². The van der Waals surface area contributed by atoms with E-state index in [2.05, 4.69) is 89.4 Å². The molecule has 0 saturated heterocycles. The number of carbonyl (C=O) groups is 18. The summed E-state index contributed by atoms with van der Waals surface area (Å²) in [6, 6.07) is -0.990. The average Bonchev–Trinajstić information content (AvgIpc) is 1.62. The minimum Gasteiger partial charge on any atom is -0.508 e. The fourth-order valence-corrected chi connectivity index (χ4v) is 13.3. The molecule has 126 heavy (non-hydrogen) atoms. The molecule has 23 N–H and O–H groups in total. The van der Waals surface area contributed by atoms with Gasteiger partial charge in [0.1, 0.15) is 90.3 Å². The summed E-state index contributed by atoms with van der Waals surface area (Å²) in [6.45, 7) is 16.8. The summed E-state index contributed by atoms with van der Waals surface area (Å²) in [6.07, 6.45) is 0.965. The molecule has 41 nitrogen and oxygen atoms in total. The maximum atomic E-state index is 14.9. The highest BCUT2D eigenvalue weighted by Crippen LogP contribution is 2.22. The zero-order valence-electron chi connectivity index (χ0n) is 72.3. The molecule has 41 heteroatoms. The number of nitrogens with one attached hydrogen (secondary N) is 16. The van der Waals surface area contributed by atoms with Crippen LogP contribution >= 0.6 is 0 Å². The van der Waals surface area contributed by atoms with Gasteiger partial charge in [0.2, 0.25) is 82.7 Å². The Morgan fingerprint density at radius 2 is 0.825 bits per heavy atom. The quantitative estimate of drug-likeness (QED) is 0.0219. The number of rotatable bonds is 54. The molecule has 0 spiro atoms. The average molecular weight is 1760 g/mol. The van der Waals surface area contributed by atoms with Gasteiger partial charge in [0.25, 0.3) is 0 Å². The standard InChI is InChI=1S/C85H120N18O23/c1-12-45(7)70(83(123)100-65(85(125)126)36-52-40-88-56-24-18-17-23-55(52)56)103-84(124)71(46(8)13-2)102-81(121)64(39-68(110)111)98-77(117)59(33-43(3)4)96-79(119)62(37-53-41-87-42-89-53)95-72(112)47(9)91-76(116)60(34-50-21-15-14-16-22-50)97-78(118)61(35-51-26-28-54(105)29-27-51)99-82(122)69(44(5)6)101-73(113)48(10)90-74(114)58(30-31-66(106)107)94-75(115)57(25-19-20-32-86)93-80(120)63(38-67(108)109)92-49(11)104/h14-18,21-24,26-29,40-48,57-65,69-71,88,105H,12-13,19-20,25,30-39,86H2,1-11H3,(H,87,89)(H,90,114)(H,91,116)(H,92,104)(H,93,120)(H,94,115)(H,95,112)(H,96,119)(H,97,118)(H,98,117)(H,99,122)(H,100,123)(H,101,113)(H,102,121)(H,103,124)(H,106,107)(H,108,109)(H,110,111)(H,125,126)/t45-,46+,47-,48-,57-,58-,59-,60-,61-,62-,63-,64-,65-,69-,70+,71-/m0/s1. The van der Waals surface area contributed by atoms with Crippen LogP contribution in [0.4, 0.5) is 0 Å². The van der Waals surface area contributed by atoms with Crippen molar-refractivity contribution in [3.8, 4) is 5.75 Å². The first-order chi connectivity index (χ1) is 59.5. The number of hydrogen-bond donors (Lipinski definition) is 22. The van der Waals surface area contributed by atoms with Crippen molar-refractivity contribution in [2.75, 3.05) is 6.54 Å². The van der Waals surface area contributed by atoms with Crippen LogP contribution in [0, 0.1) is 23.7 Å². The Labute approximate surface area is 727 Å². The minimum absolute atomic E-state index is 0.117. The first-order valence-electron chi connectivity index (χ1n) is 41.7. The van der Waals surface area contributed by atoms with E-state index < -0.39 is 241 Å². The molecular weight excluding hydrogens is 1640 g/mol. The van der Waals surface area contributed by atoms with Gasteiger partial charge in [-0.15, -0.1) is 0 Å². The molecule has 5 aromatic rings. The third-order valence-corrected chi connectivity index (χ3v) is 20.9. The van der Waals surface area contributed by atoms with E-state index in [1.807, 2.05) is 0 Å². The molecule has 2 aromatic heterocycles.